The average Bonchev–Trinajstić information content (AvgIpc) is 2.35. The summed E-state index contributed by atoms with van der Waals surface area (Å²) in [6, 6.07) is 4.57. The topological polar surface area (TPSA) is 29.5 Å². The van der Waals surface area contributed by atoms with Crippen molar-refractivity contribution in [3.05, 3.63) is 34.6 Å². The highest BCUT2D eigenvalue weighted by atomic mass is 35.5. The maximum atomic E-state index is 13.0. The second kappa shape index (κ2) is 5.80. The molecule has 94 valence electrons. The molecule has 1 heterocycles. The Morgan fingerprint density at radius 2 is 2.35 bits per heavy atom. The zero-order valence-electron chi connectivity index (χ0n) is 9.53. The lowest BCUT2D eigenvalue weighted by Crippen LogP contribution is -2.30. The molecule has 1 aromatic rings. The summed E-state index contributed by atoms with van der Waals surface area (Å²) < 4.78 is 18.3. The molecule has 0 aromatic heterocycles. The van der Waals surface area contributed by atoms with Crippen LogP contribution in [0.3, 0.4) is 0 Å². The van der Waals surface area contributed by atoms with Crippen molar-refractivity contribution in [1.82, 2.24) is 0 Å². The van der Waals surface area contributed by atoms with E-state index in [4.69, 9.17) is 16.3 Å². The van der Waals surface area contributed by atoms with E-state index < -0.39 is 11.9 Å². The molecular formula is C13H16ClFO2. The summed E-state index contributed by atoms with van der Waals surface area (Å²) in [6.45, 7) is 1.39. The molecule has 0 radical (unpaired) electrons. The standard InChI is InChI=1S/C13H16ClFO2/c14-11-6-9(3-4-12(11)15)7-13(16)10-2-1-5-17-8-10/h3-4,6,10,13,16H,1-2,5,7-8H2. The van der Waals surface area contributed by atoms with Crippen LogP contribution in [0.4, 0.5) is 4.39 Å². The number of hydrogen-bond acceptors (Lipinski definition) is 2. The van der Waals surface area contributed by atoms with Gasteiger partial charge in [-0.05, 0) is 37.0 Å². The van der Waals surface area contributed by atoms with Crippen LogP contribution in [0.15, 0.2) is 18.2 Å². The number of aliphatic hydroxyl groups excluding tert-OH is 1. The van der Waals surface area contributed by atoms with Gasteiger partial charge >= 0.3 is 0 Å². The monoisotopic (exact) mass is 258 g/mol. The lowest BCUT2D eigenvalue weighted by atomic mass is 9.91. The fraction of sp³-hybridized carbons (Fsp3) is 0.538. The minimum absolute atomic E-state index is 0.106. The minimum atomic E-state index is -0.447. The quantitative estimate of drug-likeness (QED) is 0.903. The molecule has 0 aliphatic carbocycles. The van der Waals surface area contributed by atoms with Crippen molar-refractivity contribution in [1.29, 1.82) is 0 Å². The third-order valence-corrected chi connectivity index (χ3v) is 3.46. The largest absolute Gasteiger partial charge is 0.392 e. The van der Waals surface area contributed by atoms with Gasteiger partial charge in [0.2, 0.25) is 0 Å². The van der Waals surface area contributed by atoms with Crippen molar-refractivity contribution in [3.8, 4) is 0 Å². The molecule has 0 bridgehead atoms. The van der Waals surface area contributed by atoms with Crippen LogP contribution in [-0.4, -0.2) is 24.4 Å². The van der Waals surface area contributed by atoms with E-state index in [1.807, 2.05) is 0 Å². The second-order valence-corrected chi connectivity index (χ2v) is 4.90. The van der Waals surface area contributed by atoms with Crippen molar-refractivity contribution in [2.45, 2.75) is 25.4 Å². The molecule has 0 saturated carbocycles. The lowest BCUT2D eigenvalue weighted by molar-refractivity contribution is -0.00847. The molecule has 1 aliphatic rings. The molecule has 2 nitrogen and oxygen atoms in total. The average molecular weight is 259 g/mol. The van der Waals surface area contributed by atoms with Gasteiger partial charge in [-0.1, -0.05) is 17.7 Å². The first kappa shape index (κ1) is 12.8. The van der Waals surface area contributed by atoms with Crippen molar-refractivity contribution in [3.63, 3.8) is 0 Å². The normalized spacial score (nSPS) is 22.4. The maximum Gasteiger partial charge on any atom is 0.141 e. The molecule has 0 spiro atoms. The Balaban J connectivity index is 1.96. The summed E-state index contributed by atoms with van der Waals surface area (Å²) >= 11 is 5.70. The summed E-state index contributed by atoms with van der Waals surface area (Å²) in [5.41, 5.74) is 0.856. The third-order valence-electron chi connectivity index (χ3n) is 3.17. The van der Waals surface area contributed by atoms with Gasteiger partial charge in [-0.3, -0.25) is 0 Å². The smallest absolute Gasteiger partial charge is 0.141 e. The summed E-state index contributed by atoms with van der Waals surface area (Å²) in [7, 11) is 0. The second-order valence-electron chi connectivity index (χ2n) is 4.50. The van der Waals surface area contributed by atoms with E-state index in [0.29, 0.717) is 13.0 Å². The highest BCUT2D eigenvalue weighted by Gasteiger charge is 2.22. The molecule has 1 saturated heterocycles. The maximum absolute atomic E-state index is 13.0. The van der Waals surface area contributed by atoms with E-state index in [1.54, 1.807) is 12.1 Å². The Bertz CT molecular complexity index is 378. The van der Waals surface area contributed by atoms with Gasteiger partial charge in [0, 0.05) is 12.5 Å². The molecule has 17 heavy (non-hydrogen) atoms. The van der Waals surface area contributed by atoms with Crippen molar-refractivity contribution >= 4 is 11.6 Å². The van der Waals surface area contributed by atoms with E-state index >= 15 is 0 Å². The molecule has 1 fully saturated rings. The predicted molar refractivity (Wildman–Crippen MR) is 64.7 cm³/mol. The van der Waals surface area contributed by atoms with Gasteiger partial charge in [0.15, 0.2) is 0 Å². The van der Waals surface area contributed by atoms with Gasteiger partial charge in [0.05, 0.1) is 17.7 Å². The van der Waals surface area contributed by atoms with Gasteiger partial charge in [-0.25, -0.2) is 4.39 Å². The molecule has 1 aromatic carbocycles. The van der Waals surface area contributed by atoms with E-state index in [-0.39, 0.29) is 10.9 Å². The van der Waals surface area contributed by atoms with Crippen molar-refractivity contribution in [2.24, 2.45) is 5.92 Å². The Morgan fingerprint density at radius 1 is 1.53 bits per heavy atom. The fourth-order valence-electron chi connectivity index (χ4n) is 2.14. The molecule has 1 N–H and O–H groups in total. The minimum Gasteiger partial charge on any atom is -0.392 e. The van der Waals surface area contributed by atoms with Crippen LogP contribution in [0.25, 0.3) is 0 Å². The molecule has 1 aliphatic heterocycles. The first-order valence-electron chi connectivity index (χ1n) is 5.86. The Kier molecular flexibility index (Phi) is 4.37. The number of rotatable bonds is 3. The van der Waals surface area contributed by atoms with Crippen LogP contribution < -0.4 is 0 Å². The van der Waals surface area contributed by atoms with Crippen molar-refractivity contribution < 1.29 is 14.2 Å². The van der Waals surface area contributed by atoms with Crippen LogP contribution in [0.2, 0.25) is 5.02 Å². The molecular weight excluding hydrogens is 243 g/mol. The van der Waals surface area contributed by atoms with Gasteiger partial charge in [-0.15, -0.1) is 0 Å². The molecule has 2 atom stereocenters. The zero-order chi connectivity index (χ0) is 12.3. The fourth-order valence-corrected chi connectivity index (χ4v) is 2.35. The summed E-state index contributed by atoms with van der Waals surface area (Å²) in [5.74, 6) is -0.251. The number of halogens is 2. The molecule has 4 heteroatoms. The predicted octanol–water partition coefficient (Wildman–Crippen LogP) is 2.81. The summed E-state index contributed by atoms with van der Waals surface area (Å²) in [6.07, 6.45) is 2.02. The number of benzene rings is 1. The molecule has 2 unspecified atom stereocenters. The Labute approximate surface area is 105 Å². The number of hydrogen-bond donors (Lipinski definition) is 1. The molecule has 2 rings (SSSR count). The van der Waals surface area contributed by atoms with Crippen molar-refractivity contribution in [2.75, 3.05) is 13.2 Å². The van der Waals surface area contributed by atoms with Crippen LogP contribution in [0, 0.1) is 11.7 Å². The highest BCUT2D eigenvalue weighted by molar-refractivity contribution is 6.30. The van der Waals surface area contributed by atoms with E-state index in [9.17, 15) is 9.50 Å². The summed E-state index contributed by atoms with van der Waals surface area (Å²) in [4.78, 5) is 0. The van der Waals surface area contributed by atoms with Gasteiger partial charge < -0.3 is 9.84 Å². The van der Waals surface area contributed by atoms with Crippen LogP contribution >= 0.6 is 11.6 Å². The van der Waals surface area contributed by atoms with Crippen LogP contribution in [0.5, 0.6) is 0 Å². The first-order chi connectivity index (χ1) is 8.16. The van der Waals surface area contributed by atoms with E-state index in [0.717, 1.165) is 25.0 Å². The summed E-state index contributed by atoms with van der Waals surface area (Å²) in [5, 5.41) is 10.2. The lowest BCUT2D eigenvalue weighted by Gasteiger charge is -2.26. The highest BCUT2D eigenvalue weighted by Crippen LogP contribution is 2.22. The van der Waals surface area contributed by atoms with Crippen LogP contribution in [0.1, 0.15) is 18.4 Å². The van der Waals surface area contributed by atoms with Crippen LogP contribution in [-0.2, 0) is 11.2 Å². The Hall–Kier alpha value is -0.640. The first-order valence-corrected chi connectivity index (χ1v) is 6.24. The van der Waals surface area contributed by atoms with Gasteiger partial charge in [-0.2, -0.15) is 0 Å². The number of aliphatic hydroxyl groups is 1. The number of ether oxygens (including phenoxy) is 1. The van der Waals surface area contributed by atoms with Gasteiger partial charge in [0.25, 0.3) is 0 Å². The van der Waals surface area contributed by atoms with E-state index in [2.05, 4.69) is 0 Å². The zero-order valence-corrected chi connectivity index (χ0v) is 10.3. The SMILES string of the molecule is OC(Cc1ccc(F)c(Cl)c1)C1CCCOC1. The van der Waals surface area contributed by atoms with E-state index in [1.165, 1.54) is 6.07 Å². The molecule has 0 amide bonds. The third kappa shape index (κ3) is 3.41. The van der Waals surface area contributed by atoms with Gasteiger partial charge in [0.1, 0.15) is 5.82 Å². The Morgan fingerprint density at radius 3 is 3.00 bits per heavy atom.